The molecule has 0 aromatic heterocycles. The lowest BCUT2D eigenvalue weighted by molar-refractivity contribution is 0.282. The Kier molecular flexibility index (Phi) is 5.79. The lowest BCUT2D eigenvalue weighted by Crippen LogP contribution is -2.01. The first-order valence-electron chi connectivity index (χ1n) is 6.92. The zero-order valence-corrected chi connectivity index (χ0v) is 12.9. The molecule has 0 radical (unpaired) electrons. The molecule has 2 rings (SSSR count). The molecule has 0 N–H and O–H groups in total. The lowest BCUT2D eigenvalue weighted by atomic mass is 10.2. The van der Waals surface area contributed by atoms with Crippen LogP contribution in [0.1, 0.15) is 12.5 Å². The summed E-state index contributed by atoms with van der Waals surface area (Å²) < 4.78 is 23.6. The Morgan fingerprint density at radius 2 is 1.62 bits per heavy atom. The summed E-state index contributed by atoms with van der Waals surface area (Å²) in [5.74, 6) is 0.558. The predicted octanol–water partition coefficient (Wildman–Crippen LogP) is 5.01. The second-order valence-corrected chi connectivity index (χ2v) is 6.46. The fraction of sp³-hybridized carbons (Fsp3) is 0.176. The van der Waals surface area contributed by atoms with Crippen LogP contribution >= 0.6 is 7.60 Å². The summed E-state index contributed by atoms with van der Waals surface area (Å²) in [4.78, 5) is 0. The third kappa shape index (κ3) is 5.22. The second kappa shape index (κ2) is 7.82. The van der Waals surface area contributed by atoms with E-state index in [4.69, 9.17) is 9.05 Å². The Labute approximate surface area is 125 Å². The van der Waals surface area contributed by atoms with Gasteiger partial charge in [-0.25, -0.2) is 4.57 Å². The van der Waals surface area contributed by atoms with Gasteiger partial charge in [0.15, 0.2) is 0 Å². The molecule has 2 aromatic rings. The van der Waals surface area contributed by atoms with Crippen LogP contribution in [0.3, 0.4) is 0 Å². The molecule has 0 bridgehead atoms. The van der Waals surface area contributed by atoms with Crippen LogP contribution < -0.4 is 4.52 Å². The first-order chi connectivity index (χ1) is 10.2. The predicted molar refractivity (Wildman–Crippen MR) is 86.6 cm³/mol. The first-order valence-corrected chi connectivity index (χ1v) is 8.64. The molecule has 1 atom stereocenters. The fourth-order valence-electron chi connectivity index (χ4n) is 1.84. The quantitative estimate of drug-likeness (QED) is 0.674. The third-order valence-corrected chi connectivity index (χ3v) is 4.55. The van der Waals surface area contributed by atoms with Crippen molar-refractivity contribution in [2.45, 2.75) is 6.92 Å². The van der Waals surface area contributed by atoms with Crippen molar-refractivity contribution in [1.82, 2.24) is 0 Å². The van der Waals surface area contributed by atoms with Crippen LogP contribution in [0.25, 0.3) is 6.08 Å². The number of hydrogen-bond donors (Lipinski definition) is 0. The molecule has 0 aliphatic heterocycles. The van der Waals surface area contributed by atoms with Gasteiger partial charge in [0.05, 0.1) is 12.8 Å². The number of benzene rings is 2. The zero-order valence-electron chi connectivity index (χ0n) is 12.0. The van der Waals surface area contributed by atoms with Gasteiger partial charge < -0.3 is 4.52 Å². The summed E-state index contributed by atoms with van der Waals surface area (Å²) in [6, 6.07) is 19.0. The van der Waals surface area contributed by atoms with Crippen molar-refractivity contribution in [3.05, 3.63) is 72.3 Å². The summed E-state index contributed by atoms with van der Waals surface area (Å²) >= 11 is 0. The van der Waals surface area contributed by atoms with Gasteiger partial charge in [-0.2, -0.15) is 0 Å². The van der Waals surface area contributed by atoms with Gasteiger partial charge in [0.2, 0.25) is 0 Å². The number of hydrogen-bond acceptors (Lipinski definition) is 3. The summed E-state index contributed by atoms with van der Waals surface area (Å²) in [5.41, 5.74) is 1.06. The van der Waals surface area contributed by atoms with E-state index in [0.717, 1.165) is 5.56 Å². The highest BCUT2D eigenvalue weighted by atomic mass is 31.2. The molecule has 2 aromatic carbocycles. The van der Waals surface area contributed by atoms with E-state index in [1.807, 2.05) is 67.6 Å². The Bertz CT molecular complexity index is 608. The van der Waals surface area contributed by atoms with Gasteiger partial charge in [0.1, 0.15) is 5.75 Å². The van der Waals surface area contributed by atoms with Crippen molar-refractivity contribution in [3.8, 4) is 5.75 Å². The molecular formula is C17H19O3P. The maximum Gasteiger partial charge on any atom is 0.382 e. The highest BCUT2D eigenvalue weighted by Gasteiger charge is 2.23. The molecule has 0 aliphatic rings. The van der Waals surface area contributed by atoms with Gasteiger partial charge in [0.25, 0.3) is 0 Å². The van der Waals surface area contributed by atoms with E-state index in [0.29, 0.717) is 12.4 Å². The average Bonchev–Trinajstić information content (AvgIpc) is 2.49. The summed E-state index contributed by atoms with van der Waals surface area (Å²) in [7, 11) is -3.17. The molecule has 110 valence electrons. The molecule has 0 fully saturated rings. The highest BCUT2D eigenvalue weighted by molar-refractivity contribution is 7.54. The molecule has 0 saturated heterocycles. The van der Waals surface area contributed by atoms with Gasteiger partial charge in [-0.15, -0.1) is 0 Å². The summed E-state index contributed by atoms with van der Waals surface area (Å²) in [6.07, 6.45) is 3.99. The molecule has 0 spiro atoms. The SMILES string of the molecule is CCOP(=O)(C/C=C/c1ccccc1)Oc1ccccc1. The molecule has 0 heterocycles. The fourth-order valence-corrected chi connectivity index (χ4v) is 3.27. The third-order valence-electron chi connectivity index (χ3n) is 2.75. The monoisotopic (exact) mass is 302 g/mol. The van der Waals surface area contributed by atoms with Crippen LogP contribution in [-0.2, 0) is 9.09 Å². The van der Waals surface area contributed by atoms with Crippen molar-refractivity contribution in [2.75, 3.05) is 12.8 Å². The maximum atomic E-state index is 12.7. The van der Waals surface area contributed by atoms with E-state index in [2.05, 4.69) is 0 Å². The Hall–Kier alpha value is -1.83. The Morgan fingerprint density at radius 1 is 1.00 bits per heavy atom. The van der Waals surface area contributed by atoms with Crippen molar-refractivity contribution >= 4 is 13.7 Å². The van der Waals surface area contributed by atoms with E-state index < -0.39 is 7.60 Å². The van der Waals surface area contributed by atoms with Crippen molar-refractivity contribution in [2.24, 2.45) is 0 Å². The lowest BCUT2D eigenvalue weighted by Gasteiger charge is -2.17. The molecule has 1 unspecified atom stereocenters. The topological polar surface area (TPSA) is 35.5 Å². The van der Waals surface area contributed by atoms with Crippen LogP contribution in [0.2, 0.25) is 0 Å². The van der Waals surface area contributed by atoms with Crippen molar-refractivity contribution < 1.29 is 13.6 Å². The largest absolute Gasteiger partial charge is 0.424 e. The van der Waals surface area contributed by atoms with Gasteiger partial charge in [-0.1, -0.05) is 60.7 Å². The minimum absolute atomic E-state index is 0.241. The molecule has 0 aliphatic carbocycles. The number of para-hydroxylation sites is 1. The first kappa shape index (κ1) is 15.6. The summed E-state index contributed by atoms with van der Waals surface area (Å²) in [5, 5.41) is 0. The number of rotatable bonds is 7. The van der Waals surface area contributed by atoms with E-state index in [1.165, 1.54) is 0 Å². The summed E-state index contributed by atoms with van der Waals surface area (Å²) in [6.45, 7) is 2.16. The maximum absolute atomic E-state index is 12.7. The number of allylic oxidation sites excluding steroid dienone is 1. The smallest absolute Gasteiger partial charge is 0.382 e. The van der Waals surface area contributed by atoms with Gasteiger partial charge in [0, 0.05) is 0 Å². The normalized spacial score (nSPS) is 14.0. The van der Waals surface area contributed by atoms with Crippen molar-refractivity contribution in [1.29, 1.82) is 0 Å². The average molecular weight is 302 g/mol. The molecule has 21 heavy (non-hydrogen) atoms. The molecule has 0 amide bonds. The van der Waals surface area contributed by atoms with E-state index >= 15 is 0 Å². The van der Waals surface area contributed by atoms with Crippen LogP contribution in [-0.4, -0.2) is 12.8 Å². The van der Waals surface area contributed by atoms with Gasteiger partial charge in [-0.05, 0) is 24.6 Å². The Morgan fingerprint density at radius 3 is 2.24 bits per heavy atom. The molecule has 3 nitrogen and oxygen atoms in total. The standard InChI is InChI=1S/C17H19O3P/c1-2-19-21(18,20-17-13-7-4-8-14-17)15-9-12-16-10-5-3-6-11-16/h3-14H,2,15H2,1H3/b12-9+. The zero-order chi connectivity index (χ0) is 15.0. The van der Waals surface area contributed by atoms with E-state index in [9.17, 15) is 4.57 Å². The minimum Gasteiger partial charge on any atom is -0.424 e. The molecule has 4 heteroatoms. The molecule has 0 saturated carbocycles. The Balaban J connectivity index is 2.04. The van der Waals surface area contributed by atoms with E-state index in [-0.39, 0.29) is 6.16 Å². The van der Waals surface area contributed by atoms with Crippen LogP contribution in [0.15, 0.2) is 66.7 Å². The second-order valence-electron chi connectivity index (χ2n) is 4.43. The minimum atomic E-state index is -3.17. The van der Waals surface area contributed by atoms with Crippen LogP contribution in [0.5, 0.6) is 5.75 Å². The van der Waals surface area contributed by atoms with E-state index in [1.54, 1.807) is 12.1 Å². The highest BCUT2D eigenvalue weighted by Crippen LogP contribution is 2.48. The van der Waals surface area contributed by atoms with Gasteiger partial charge in [-0.3, -0.25) is 4.52 Å². The van der Waals surface area contributed by atoms with Gasteiger partial charge >= 0.3 is 7.60 Å². The van der Waals surface area contributed by atoms with Crippen LogP contribution in [0, 0.1) is 0 Å². The van der Waals surface area contributed by atoms with Crippen molar-refractivity contribution in [3.63, 3.8) is 0 Å². The molecular weight excluding hydrogens is 283 g/mol. The van der Waals surface area contributed by atoms with Crippen LogP contribution in [0.4, 0.5) is 0 Å².